The van der Waals surface area contributed by atoms with Crippen LogP contribution in [0.1, 0.15) is 45.8 Å². The van der Waals surface area contributed by atoms with E-state index < -0.39 is 5.97 Å². The molecule has 1 amide bonds. The fourth-order valence-corrected chi connectivity index (χ4v) is 1.94. The van der Waals surface area contributed by atoms with Crippen LogP contribution in [0, 0.1) is 12.8 Å². The first-order chi connectivity index (χ1) is 8.58. The Morgan fingerprint density at radius 1 is 1.44 bits per heavy atom. The minimum atomic E-state index is -1.03. The summed E-state index contributed by atoms with van der Waals surface area (Å²) in [6.07, 6.45) is 3.58. The Hall–Kier alpha value is -1.91. The maximum absolute atomic E-state index is 11.8. The highest BCUT2D eigenvalue weighted by Crippen LogP contribution is 2.25. The Morgan fingerprint density at radius 3 is 2.67 bits per heavy atom. The first-order valence-electron chi connectivity index (χ1n) is 6.07. The SMILES string of the molecule is Cc1nc(C(=O)NCC2CCC2)ccc1C(=O)O. The van der Waals surface area contributed by atoms with Gasteiger partial charge in [0.2, 0.25) is 0 Å². The van der Waals surface area contributed by atoms with Crippen molar-refractivity contribution in [3.05, 3.63) is 29.1 Å². The second kappa shape index (κ2) is 5.16. The Labute approximate surface area is 105 Å². The lowest BCUT2D eigenvalue weighted by Crippen LogP contribution is -2.32. The normalized spacial score (nSPS) is 14.9. The predicted molar refractivity (Wildman–Crippen MR) is 65.6 cm³/mol. The Balaban J connectivity index is 2.01. The van der Waals surface area contributed by atoms with E-state index in [1.165, 1.54) is 31.4 Å². The summed E-state index contributed by atoms with van der Waals surface area (Å²) in [5, 5.41) is 11.7. The van der Waals surface area contributed by atoms with E-state index in [1.807, 2.05) is 0 Å². The van der Waals surface area contributed by atoms with E-state index in [4.69, 9.17) is 5.11 Å². The first kappa shape index (κ1) is 12.5. The molecule has 0 atom stereocenters. The molecule has 2 N–H and O–H groups in total. The zero-order valence-corrected chi connectivity index (χ0v) is 10.3. The van der Waals surface area contributed by atoms with Gasteiger partial charge in [0, 0.05) is 6.54 Å². The summed E-state index contributed by atoms with van der Waals surface area (Å²) in [4.78, 5) is 26.6. The van der Waals surface area contributed by atoms with Crippen LogP contribution in [0.2, 0.25) is 0 Å². The van der Waals surface area contributed by atoms with Crippen LogP contribution in [-0.2, 0) is 0 Å². The van der Waals surface area contributed by atoms with Gasteiger partial charge >= 0.3 is 5.97 Å². The van der Waals surface area contributed by atoms with Gasteiger partial charge in [0.15, 0.2) is 0 Å². The summed E-state index contributed by atoms with van der Waals surface area (Å²) in [6.45, 7) is 2.27. The summed E-state index contributed by atoms with van der Waals surface area (Å²) in [5.41, 5.74) is 0.765. The largest absolute Gasteiger partial charge is 0.478 e. The monoisotopic (exact) mass is 248 g/mol. The lowest BCUT2D eigenvalue weighted by atomic mass is 9.85. The third kappa shape index (κ3) is 2.67. The molecule has 1 saturated carbocycles. The average molecular weight is 248 g/mol. The van der Waals surface area contributed by atoms with Crippen molar-refractivity contribution in [3.63, 3.8) is 0 Å². The highest BCUT2D eigenvalue weighted by molar-refractivity contribution is 5.94. The second-order valence-electron chi connectivity index (χ2n) is 4.64. The smallest absolute Gasteiger partial charge is 0.337 e. The molecule has 0 spiro atoms. The summed E-state index contributed by atoms with van der Waals surface area (Å²) < 4.78 is 0. The zero-order chi connectivity index (χ0) is 13.1. The molecular weight excluding hydrogens is 232 g/mol. The number of nitrogens with zero attached hydrogens (tertiary/aromatic N) is 1. The van der Waals surface area contributed by atoms with Gasteiger partial charge in [-0.05, 0) is 37.8 Å². The third-order valence-corrected chi connectivity index (χ3v) is 3.32. The molecule has 1 aromatic heterocycles. The molecule has 0 saturated heterocycles. The van der Waals surface area contributed by atoms with Crippen molar-refractivity contribution in [3.8, 4) is 0 Å². The topological polar surface area (TPSA) is 79.3 Å². The number of hydrogen-bond donors (Lipinski definition) is 2. The maximum Gasteiger partial charge on any atom is 0.337 e. The summed E-state index contributed by atoms with van der Waals surface area (Å²) in [5.74, 6) is -0.670. The van der Waals surface area contributed by atoms with E-state index in [0.29, 0.717) is 18.2 Å². The van der Waals surface area contributed by atoms with Crippen LogP contribution >= 0.6 is 0 Å². The Kier molecular flexibility index (Phi) is 3.60. The van der Waals surface area contributed by atoms with Crippen molar-refractivity contribution in [2.45, 2.75) is 26.2 Å². The molecule has 5 heteroatoms. The highest BCUT2D eigenvalue weighted by atomic mass is 16.4. The first-order valence-corrected chi connectivity index (χ1v) is 6.07. The molecule has 18 heavy (non-hydrogen) atoms. The van der Waals surface area contributed by atoms with E-state index in [0.717, 1.165) is 0 Å². The van der Waals surface area contributed by atoms with E-state index >= 15 is 0 Å². The van der Waals surface area contributed by atoms with Gasteiger partial charge in [0.1, 0.15) is 5.69 Å². The zero-order valence-electron chi connectivity index (χ0n) is 10.3. The number of carbonyl (C=O) groups excluding carboxylic acids is 1. The Bertz CT molecular complexity index is 481. The molecule has 0 unspecified atom stereocenters. The van der Waals surface area contributed by atoms with Gasteiger partial charge in [0.25, 0.3) is 5.91 Å². The van der Waals surface area contributed by atoms with Gasteiger partial charge in [-0.1, -0.05) is 6.42 Å². The average Bonchev–Trinajstić information content (AvgIpc) is 2.26. The van der Waals surface area contributed by atoms with Crippen LogP contribution in [0.25, 0.3) is 0 Å². The van der Waals surface area contributed by atoms with Gasteiger partial charge in [-0.3, -0.25) is 4.79 Å². The molecule has 1 aliphatic carbocycles. The van der Waals surface area contributed by atoms with Crippen LogP contribution in [0.15, 0.2) is 12.1 Å². The molecule has 0 bridgehead atoms. The molecule has 5 nitrogen and oxygen atoms in total. The van der Waals surface area contributed by atoms with Gasteiger partial charge in [-0.2, -0.15) is 0 Å². The molecule has 1 aliphatic rings. The molecule has 0 aliphatic heterocycles. The molecule has 2 rings (SSSR count). The number of carboxylic acid groups (broad SMARTS) is 1. The second-order valence-corrected chi connectivity index (χ2v) is 4.64. The van der Waals surface area contributed by atoms with Crippen molar-refractivity contribution in [1.29, 1.82) is 0 Å². The minimum absolute atomic E-state index is 0.130. The van der Waals surface area contributed by atoms with Crippen molar-refractivity contribution in [2.24, 2.45) is 5.92 Å². The van der Waals surface area contributed by atoms with Crippen LogP contribution in [0.5, 0.6) is 0 Å². The van der Waals surface area contributed by atoms with Crippen molar-refractivity contribution in [2.75, 3.05) is 6.54 Å². The molecular formula is C13H16N2O3. The Morgan fingerprint density at radius 2 is 2.17 bits per heavy atom. The molecule has 0 radical (unpaired) electrons. The molecule has 1 heterocycles. The number of aryl methyl sites for hydroxylation is 1. The number of aromatic carboxylic acids is 1. The predicted octanol–water partition coefficient (Wildman–Crippen LogP) is 1.62. The number of amides is 1. The number of pyridine rings is 1. The quantitative estimate of drug-likeness (QED) is 0.848. The van der Waals surface area contributed by atoms with Crippen LogP contribution in [-0.4, -0.2) is 28.5 Å². The van der Waals surface area contributed by atoms with Crippen molar-refractivity contribution >= 4 is 11.9 Å². The number of carboxylic acids is 1. The molecule has 96 valence electrons. The molecule has 1 aromatic rings. The van der Waals surface area contributed by atoms with E-state index in [2.05, 4.69) is 10.3 Å². The van der Waals surface area contributed by atoms with Crippen LogP contribution < -0.4 is 5.32 Å². The minimum Gasteiger partial charge on any atom is -0.478 e. The summed E-state index contributed by atoms with van der Waals surface area (Å²) >= 11 is 0. The number of aromatic nitrogens is 1. The molecule has 0 aromatic carbocycles. The summed E-state index contributed by atoms with van der Waals surface area (Å²) in [6, 6.07) is 2.87. The van der Waals surface area contributed by atoms with Crippen LogP contribution in [0.3, 0.4) is 0 Å². The van der Waals surface area contributed by atoms with Crippen LogP contribution in [0.4, 0.5) is 0 Å². The highest BCUT2D eigenvalue weighted by Gasteiger charge is 2.19. The van der Waals surface area contributed by atoms with Gasteiger partial charge < -0.3 is 10.4 Å². The molecule has 1 fully saturated rings. The van der Waals surface area contributed by atoms with Gasteiger partial charge in [-0.15, -0.1) is 0 Å². The van der Waals surface area contributed by atoms with Gasteiger partial charge in [-0.25, -0.2) is 9.78 Å². The number of hydrogen-bond acceptors (Lipinski definition) is 3. The third-order valence-electron chi connectivity index (χ3n) is 3.32. The van der Waals surface area contributed by atoms with Gasteiger partial charge in [0.05, 0.1) is 11.3 Å². The number of rotatable bonds is 4. The van der Waals surface area contributed by atoms with E-state index in [-0.39, 0.29) is 17.2 Å². The van der Waals surface area contributed by atoms with E-state index in [9.17, 15) is 9.59 Å². The maximum atomic E-state index is 11.8. The fraction of sp³-hybridized carbons (Fsp3) is 0.462. The number of nitrogens with one attached hydrogen (secondary N) is 1. The lowest BCUT2D eigenvalue weighted by molar-refractivity contribution is 0.0694. The van der Waals surface area contributed by atoms with Crippen molar-refractivity contribution < 1.29 is 14.7 Å². The number of carbonyl (C=O) groups is 2. The fourth-order valence-electron chi connectivity index (χ4n) is 1.94. The lowest BCUT2D eigenvalue weighted by Gasteiger charge is -2.25. The standard InChI is InChI=1S/C13H16N2O3/c1-8-10(13(17)18)5-6-11(15-8)12(16)14-7-9-3-2-4-9/h5-6,9H,2-4,7H2,1H3,(H,14,16)(H,17,18). The van der Waals surface area contributed by atoms with Crippen molar-refractivity contribution in [1.82, 2.24) is 10.3 Å². The summed E-state index contributed by atoms with van der Waals surface area (Å²) in [7, 11) is 0. The van der Waals surface area contributed by atoms with E-state index in [1.54, 1.807) is 6.92 Å².